The van der Waals surface area contributed by atoms with Gasteiger partial charge in [0, 0.05) is 12.8 Å². The van der Waals surface area contributed by atoms with Crippen LogP contribution in [0.4, 0.5) is 0 Å². The number of amides is 1. The molecule has 2 atom stereocenters. The molecule has 0 heterocycles. The van der Waals surface area contributed by atoms with Crippen molar-refractivity contribution in [2.75, 3.05) is 13.2 Å². The molecule has 0 aliphatic carbocycles. The van der Waals surface area contributed by atoms with Gasteiger partial charge in [-0.15, -0.1) is 0 Å². The van der Waals surface area contributed by atoms with Gasteiger partial charge in [0.15, 0.2) is 0 Å². The number of hydrogen-bond acceptors (Lipinski definition) is 5. The largest absolute Gasteiger partial charge is 0.466 e. The average molecular weight is 1170 g/mol. The first-order chi connectivity index (χ1) is 41.0. The molecule has 0 aliphatic rings. The van der Waals surface area contributed by atoms with Gasteiger partial charge in [-0.25, -0.2) is 0 Å². The molecule has 0 aromatic rings. The summed E-state index contributed by atoms with van der Waals surface area (Å²) in [6.45, 7) is 4.95. The van der Waals surface area contributed by atoms with Gasteiger partial charge in [-0.1, -0.05) is 411 Å². The Morgan fingerprint density at radius 3 is 0.819 bits per heavy atom. The summed E-state index contributed by atoms with van der Waals surface area (Å²) in [5.41, 5.74) is 0. The Morgan fingerprint density at radius 2 is 0.554 bits per heavy atom. The lowest BCUT2D eigenvalue weighted by molar-refractivity contribution is -0.143. The second kappa shape index (κ2) is 73.1. The van der Waals surface area contributed by atoms with E-state index in [1.165, 1.54) is 379 Å². The van der Waals surface area contributed by atoms with Crippen LogP contribution in [0.1, 0.15) is 444 Å². The molecule has 3 N–H and O–H groups in total. The van der Waals surface area contributed by atoms with Crippen LogP contribution < -0.4 is 5.32 Å². The number of unbranched alkanes of at least 4 members (excludes halogenated alkanes) is 62. The lowest BCUT2D eigenvalue weighted by Gasteiger charge is -2.20. The molecule has 0 aromatic carbocycles. The molecule has 0 radical (unpaired) electrons. The smallest absolute Gasteiger partial charge is 0.305 e. The van der Waals surface area contributed by atoms with Crippen LogP contribution >= 0.6 is 0 Å². The van der Waals surface area contributed by atoms with Crippen molar-refractivity contribution in [3.05, 3.63) is 12.2 Å². The predicted octanol–water partition coefficient (Wildman–Crippen LogP) is 25.1. The van der Waals surface area contributed by atoms with Gasteiger partial charge in [0.2, 0.25) is 5.91 Å². The molecular formula is C77H151NO5. The molecule has 0 saturated carbocycles. The second-order valence-electron chi connectivity index (χ2n) is 26.7. The third-order valence-electron chi connectivity index (χ3n) is 18.3. The van der Waals surface area contributed by atoms with Crippen LogP contribution in [-0.2, 0) is 14.3 Å². The number of hydrogen-bond donors (Lipinski definition) is 3. The lowest BCUT2D eigenvalue weighted by atomic mass is 10.0. The van der Waals surface area contributed by atoms with Crippen molar-refractivity contribution in [3.8, 4) is 0 Å². The topological polar surface area (TPSA) is 95.9 Å². The summed E-state index contributed by atoms with van der Waals surface area (Å²) in [6.07, 6.45) is 92.0. The monoisotopic (exact) mass is 1170 g/mol. The van der Waals surface area contributed by atoms with Gasteiger partial charge in [-0.2, -0.15) is 0 Å². The first-order valence-corrected chi connectivity index (χ1v) is 38.5. The molecule has 0 aromatic heterocycles. The number of carbonyl (C=O) groups is 2. The Morgan fingerprint density at radius 1 is 0.325 bits per heavy atom. The predicted molar refractivity (Wildman–Crippen MR) is 366 cm³/mol. The van der Waals surface area contributed by atoms with E-state index in [1.54, 1.807) is 6.08 Å². The number of allylic oxidation sites excluding steroid dienone is 1. The maximum Gasteiger partial charge on any atom is 0.305 e. The van der Waals surface area contributed by atoms with Crippen molar-refractivity contribution in [2.45, 2.75) is 456 Å². The Bertz CT molecular complexity index is 1260. The second-order valence-corrected chi connectivity index (χ2v) is 26.7. The summed E-state index contributed by atoms with van der Waals surface area (Å²) in [5.74, 6) is -0.0337. The van der Waals surface area contributed by atoms with E-state index in [1.807, 2.05) is 6.08 Å². The normalized spacial score (nSPS) is 12.5. The number of nitrogens with one attached hydrogen (secondary N) is 1. The maximum atomic E-state index is 12.5. The van der Waals surface area contributed by atoms with Crippen molar-refractivity contribution in [2.24, 2.45) is 0 Å². The summed E-state index contributed by atoms with van der Waals surface area (Å²) >= 11 is 0. The quantitative estimate of drug-likeness (QED) is 0.0320. The first kappa shape index (κ1) is 81.6. The Hall–Kier alpha value is -1.40. The minimum absolute atomic E-state index is 0.0244. The lowest BCUT2D eigenvalue weighted by Crippen LogP contribution is -2.45. The summed E-state index contributed by atoms with van der Waals surface area (Å²) in [5, 5.41) is 23.2. The number of esters is 1. The minimum Gasteiger partial charge on any atom is -0.466 e. The van der Waals surface area contributed by atoms with E-state index >= 15 is 0 Å². The van der Waals surface area contributed by atoms with Crippen molar-refractivity contribution in [1.82, 2.24) is 5.32 Å². The van der Waals surface area contributed by atoms with Gasteiger partial charge in [-0.3, -0.25) is 9.59 Å². The van der Waals surface area contributed by atoms with E-state index in [2.05, 4.69) is 19.2 Å². The molecule has 1 amide bonds. The van der Waals surface area contributed by atoms with Crippen molar-refractivity contribution in [1.29, 1.82) is 0 Å². The molecule has 0 bridgehead atoms. The fourth-order valence-electron chi connectivity index (χ4n) is 12.5. The molecule has 0 spiro atoms. The molecule has 6 heteroatoms. The van der Waals surface area contributed by atoms with E-state index in [4.69, 9.17) is 4.74 Å². The molecule has 494 valence electrons. The van der Waals surface area contributed by atoms with Crippen LogP contribution in [0.3, 0.4) is 0 Å². The van der Waals surface area contributed by atoms with Gasteiger partial charge < -0.3 is 20.3 Å². The summed E-state index contributed by atoms with van der Waals surface area (Å²) < 4.78 is 5.48. The van der Waals surface area contributed by atoms with Crippen LogP contribution in [0, 0.1) is 0 Å². The highest BCUT2D eigenvalue weighted by Gasteiger charge is 2.18. The van der Waals surface area contributed by atoms with E-state index < -0.39 is 12.1 Å². The van der Waals surface area contributed by atoms with Crippen molar-refractivity contribution >= 4 is 11.9 Å². The van der Waals surface area contributed by atoms with E-state index in [9.17, 15) is 19.8 Å². The van der Waals surface area contributed by atoms with Crippen molar-refractivity contribution in [3.63, 3.8) is 0 Å². The van der Waals surface area contributed by atoms with Crippen molar-refractivity contribution < 1.29 is 24.5 Å². The number of aliphatic hydroxyl groups excluding tert-OH is 2. The third-order valence-corrected chi connectivity index (χ3v) is 18.3. The summed E-state index contributed by atoms with van der Waals surface area (Å²) in [4.78, 5) is 24.5. The van der Waals surface area contributed by atoms with Crippen LogP contribution in [0.2, 0.25) is 0 Å². The zero-order valence-electron chi connectivity index (χ0n) is 56.7. The highest BCUT2D eigenvalue weighted by atomic mass is 16.5. The molecule has 2 unspecified atom stereocenters. The average Bonchev–Trinajstić information content (AvgIpc) is 3.50. The van der Waals surface area contributed by atoms with E-state index in [-0.39, 0.29) is 18.5 Å². The zero-order valence-corrected chi connectivity index (χ0v) is 56.7. The van der Waals surface area contributed by atoms with Gasteiger partial charge in [0.05, 0.1) is 25.4 Å². The third kappa shape index (κ3) is 69.6. The first-order valence-electron chi connectivity index (χ1n) is 38.5. The molecule has 0 rings (SSSR count). The van der Waals surface area contributed by atoms with Crippen LogP contribution in [0.25, 0.3) is 0 Å². The molecule has 6 nitrogen and oxygen atoms in total. The van der Waals surface area contributed by atoms with Crippen LogP contribution in [-0.4, -0.2) is 47.4 Å². The molecule has 0 aliphatic heterocycles. The molecule has 83 heavy (non-hydrogen) atoms. The molecule has 0 saturated heterocycles. The van der Waals surface area contributed by atoms with E-state index in [0.717, 1.165) is 38.5 Å². The summed E-state index contributed by atoms with van der Waals surface area (Å²) in [6, 6.07) is -0.622. The highest BCUT2D eigenvalue weighted by Crippen LogP contribution is 2.20. The number of aliphatic hydroxyl groups is 2. The Labute approximate surface area is 520 Å². The number of rotatable bonds is 73. The van der Waals surface area contributed by atoms with E-state index in [0.29, 0.717) is 19.4 Å². The molecule has 0 fully saturated rings. The highest BCUT2D eigenvalue weighted by molar-refractivity contribution is 5.76. The Kier molecular flexibility index (Phi) is 71.8. The fourth-order valence-corrected chi connectivity index (χ4v) is 12.5. The van der Waals surface area contributed by atoms with Gasteiger partial charge >= 0.3 is 5.97 Å². The standard InChI is InChI=1S/C77H151NO5/c1-3-5-7-9-11-13-15-16-17-43-46-50-53-57-61-65-69-75(80)74(73-79)78-76(81)70-66-62-58-54-51-47-44-41-39-37-35-33-31-29-27-25-23-21-19-18-20-22-24-26-28-30-32-34-36-38-40-42-45-48-52-56-60-64-68-72-83-77(82)71-67-63-59-55-49-14-12-10-8-6-4-2/h65,69,74-75,79-80H,3-64,66-68,70-73H2,1-2H3,(H,78,81)/b69-65+. The molecular weight excluding hydrogens is 1020 g/mol. The van der Waals surface area contributed by atoms with Gasteiger partial charge in [-0.05, 0) is 32.1 Å². The fraction of sp³-hybridized carbons (Fsp3) is 0.948. The van der Waals surface area contributed by atoms with Gasteiger partial charge in [0.25, 0.3) is 0 Å². The number of carbonyl (C=O) groups excluding carboxylic acids is 2. The Balaban J connectivity index is 3.30. The van der Waals surface area contributed by atoms with Gasteiger partial charge in [0.1, 0.15) is 0 Å². The minimum atomic E-state index is -0.839. The SMILES string of the molecule is CCCCCCCCCCCCCCCC/C=C/C(O)C(CO)NC(=O)CCCCCCCCCCCCCCCCCCCCCCCCCCCCCCCCCCCCCCCCCOC(=O)CCCCCCCCCCCCC. The zero-order chi connectivity index (χ0) is 59.9. The summed E-state index contributed by atoms with van der Waals surface area (Å²) in [7, 11) is 0. The van der Waals surface area contributed by atoms with Crippen LogP contribution in [0.5, 0.6) is 0 Å². The number of ether oxygens (including phenoxy) is 1. The maximum absolute atomic E-state index is 12.5. The van der Waals surface area contributed by atoms with Crippen LogP contribution in [0.15, 0.2) is 12.2 Å².